The molecule has 0 amide bonds. The number of nitrogen functional groups attached to an aromatic ring is 2. The lowest BCUT2D eigenvalue weighted by atomic mass is 9.86. The van der Waals surface area contributed by atoms with Crippen molar-refractivity contribution in [3.63, 3.8) is 0 Å². The molecule has 0 atom stereocenters. The maximum absolute atomic E-state index is 13.2. The van der Waals surface area contributed by atoms with E-state index in [0.717, 1.165) is 24.3 Å². The van der Waals surface area contributed by atoms with Gasteiger partial charge in [0.05, 0.1) is 11.1 Å². The van der Waals surface area contributed by atoms with Gasteiger partial charge in [0.1, 0.15) is 23.0 Å². The van der Waals surface area contributed by atoms with E-state index in [0.29, 0.717) is 5.56 Å². The molecule has 0 unspecified atom stereocenters. The van der Waals surface area contributed by atoms with Crippen LogP contribution in [-0.2, 0) is 17.8 Å². The van der Waals surface area contributed by atoms with Crippen molar-refractivity contribution in [2.45, 2.75) is 38.5 Å². The molecule has 0 bridgehead atoms. The molecule has 0 fully saturated rings. The molecule has 0 aliphatic heterocycles. The van der Waals surface area contributed by atoms with Gasteiger partial charge in [-0.15, -0.1) is 0 Å². The van der Waals surface area contributed by atoms with Gasteiger partial charge in [-0.25, -0.2) is 0 Å². The monoisotopic (exact) mass is 484 g/mol. The van der Waals surface area contributed by atoms with Crippen LogP contribution in [0.25, 0.3) is 0 Å². The summed E-state index contributed by atoms with van der Waals surface area (Å²) in [5.74, 6) is 0.312. The van der Waals surface area contributed by atoms with Crippen LogP contribution >= 0.6 is 0 Å². The van der Waals surface area contributed by atoms with Crippen molar-refractivity contribution in [1.29, 1.82) is 0 Å². The normalized spacial score (nSPS) is 12.5. The van der Waals surface area contributed by atoms with Crippen molar-refractivity contribution in [3.05, 3.63) is 71.3 Å². The molecular formula is C24H22F6N2O2. The first kappa shape index (κ1) is 25.1. The van der Waals surface area contributed by atoms with Gasteiger partial charge in [-0.1, -0.05) is 20.8 Å². The fourth-order valence-electron chi connectivity index (χ4n) is 3.20. The van der Waals surface area contributed by atoms with E-state index in [4.69, 9.17) is 20.9 Å². The van der Waals surface area contributed by atoms with Crippen molar-refractivity contribution in [3.8, 4) is 23.0 Å². The fourth-order valence-corrected chi connectivity index (χ4v) is 3.20. The van der Waals surface area contributed by atoms with Gasteiger partial charge in [0.15, 0.2) is 0 Å². The smallest absolute Gasteiger partial charge is 0.418 e. The number of nitrogens with two attached hydrogens (primary N) is 2. The van der Waals surface area contributed by atoms with Gasteiger partial charge in [-0.3, -0.25) is 0 Å². The van der Waals surface area contributed by atoms with Crippen molar-refractivity contribution in [2.75, 3.05) is 11.5 Å². The Morgan fingerprint density at radius 1 is 0.559 bits per heavy atom. The number of halogens is 6. The minimum absolute atomic E-state index is 0.0750. The predicted molar refractivity (Wildman–Crippen MR) is 117 cm³/mol. The predicted octanol–water partition coefficient (Wildman–Crippen LogP) is 7.77. The highest BCUT2D eigenvalue weighted by molar-refractivity contribution is 5.55. The van der Waals surface area contributed by atoms with Crippen molar-refractivity contribution >= 4 is 11.4 Å². The summed E-state index contributed by atoms with van der Waals surface area (Å²) in [6.07, 6.45) is -9.30. The van der Waals surface area contributed by atoms with Crippen LogP contribution in [0.2, 0.25) is 0 Å². The molecule has 0 aromatic heterocycles. The standard InChI is InChI=1S/C24H22F6N2O2/c1-22(2,3)18-12-14(33-13-4-7-19(31)16(10-13)23(25,26)27)6-9-21(18)34-15-5-8-20(32)17(11-15)24(28,29)30/h4-12H,31-32H2,1-3H3. The highest BCUT2D eigenvalue weighted by Gasteiger charge is 2.34. The van der Waals surface area contributed by atoms with Crippen LogP contribution in [0.1, 0.15) is 37.5 Å². The fraction of sp³-hybridized carbons (Fsp3) is 0.250. The van der Waals surface area contributed by atoms with Gasteiger partial charge >= 0.3 is 12.4 Å². The van der Waals surface area contributed by atoms with Gasteiger partial charge in [0.25, 0.3) is 0 Å². The van der Waals surface area contributed by atoms with Crippen LogP contribution in [0.5, 0.6) is 23.0 Å². The van der Waals surface area contributed by atoms with E-state index in [2.05, 4.69) is 0 Å². The summed E-state index contributed by atoms with van der Waals surface area (Å²) in [6, 6.07) is 10.9. The number of hydrogen-bond acceptors (Lipinski definition) is 4. The summed E-state index contributed by atoms with van der Waals surface area (Å²) < 4.78 is 90.4. The Hall–Kier alpha value is -3.56. The quantitative estimate of drug-likeness (QED) is 0.293. The molecule has 4 nitrogen and oxygen atoms in total. The highest BCUT2D eigenvalue weighted by Crippen LogP contribution is 2.41. The zero-order chi connectivity index (χ0) is 25.5. The molecule has 3 aromatic rings. The Labute approximate surface area is 192 Å². The molecule has 182 valence electrons. The minimum atomic E-state index is -4.65. The second kappa shape index (κ2) is 8.66. The van der Waals surface area contributed by atoms with Crippen molar-refractivity contribution in [1.82, 2.24) is 0 Å². The van der Waals surface area contributed by atoms with Gasteiger partial charge in [0.2, 0.25) is 0 Å². The van der Waals surface area contributed by atoms with E-state index < -0.39 is 40.3 Å². The van der Waals surface area contributed by atoms with Crippen molar-refractivity contribution in [2.24, 2.45) is 0 Å². The summed E-state index contributed by atoms with van der Waals surface area (Å²) in [5.41, 5.74) is 7.96. The van der Waals surface area contributed by atoms with Gasteiger partial charge in [-0.05, 0) is 60.0 Å². The number of ether oxygens (including phenoxy) is 2. The lowest BCUT2D eigenvalue weighted by molar-refractivity contribution is -0.137. The number of rotatable bonds is 4. The first-order valence-electron chi connectivity index (χ1n) is 9.99. The van der Waals surface area contributed by atoms with Crippen LogP contribution in [0.3, 0.4) is 0 Å². The average molecular weight is 484 g/mol. The molecule has 4 N–H and O–H groups in total. The lowest BCUT2D eigenvalue weighted by Gasteiger charge is -2.24. The van der Waals surface area contributed by atoms with E-state index in [1.54, 1.807) is 6.07 Å². The Morgan fingerprint density at radius 3 is 1.35 bits per heavy atom. The zero-order valence-electron chi connectivity index (χ0n) is 18.4. The van der Waals surface area contributed by atoms with Crippen LogP contribution in [-0.4, -0.2) is 0 Å². The number of anilines is 2. The Morgan fingerprint density at radius 2 is 0.941 bits per heavy atom. The van der Waals surface area contributed by atoms with Gasteiger partial charge in [-0.2, -0.15) is 26.3 Å². The minimum Gasteiger partial charge on any atom is -0.457 e. The molecule has 3 rings (SSSR count). The summed E-state index contributed by atoms with van der Waals surface area (Å²) in [5, 5.41) is 0. The molecule has 0 aliphatic rings. The third kappa shape index (κ3) is 5.67. The molecule has 0 aliphatic carbocycles. The maximum atomic E-state index is 13.2. The molecule has 34 heavy (non-hydrogen) atoms. The van der Waals surface area contributed by atoms with E-state index in [1.165, 1.54) is 24.3 Å². The first-order chi connectivity index (χ1) is 15.6. The third-order valence-electron chi connectivity index (χ3n) is 4.88. The molecule has 10 heteroatoms. The first-order valence-corrected chi connectivity index (χ1v) is 9.99. The molecule has 0 saturated heterocycles. The number of alkyl halides is 6. The summed E-state index contributed by atoms with van der Waals surface area (Å²) in [4.78, 5) is 0. The Bertz CT molecular complexity index is 1200. The van der Waals surface area contributed by atoms with Gasteiger partial charge < -0.3 is 20.9 Å². The van der Waals surface area contributed by atoms with Crippen molar-refractivity contribution < 1.29 is 35.8 Å². The SMILES string of the molecule is CC(C)(C)c1cc(Oc2ccc(N)c(C(F)(F)F)c2)ccc1Oc1ccc(N)c(C(F)(F)F)c1. The van der Waals surface area contributed by atoms with E-state index in [-0.39, 0.29) is 23.0 Å². The molecule has 0 spiro atoms. The lowest BCUT2D eigenvalue weighted by Crippen LogP contribution is -2.13. The van der Waals surface area contributed by atoms with Crippen LogP contribution in [0.15, 0.2) is 54.6 Å². The molecule has 0 radical (unpaired) electrons. The molecule has 0 saturated carbocycles. The zero-order valence-corrected chi connectivity index (χ0v) is 18.4. The van der Waals surface area contributed by atoms with E-state index >= 15 is 0 Å². The number of hydrogen-bond donors (Lipinski definition) is 2. The topological polar surface area (TPSA) is 70.5 Å². The summed E-state index contributed by atoms with van der Waals surface area (Å²) in [7, 11) is 0. The van der Waals surface area contributed by atoms with E-state index in [9.17, 15) is 26.3 Å². The van der Waals surface area contributed by atoms with Gasteiger partial charge in [0, 0.05) is 16.9 Å². The average Bonchev–Trinajstić information content (AvgIpc) is 2.69. The maximum Gasteiger partial charge on any atom is 0.418 e. The summed E-state index contributed by atoms with van der Waals surface area (Å²) in [6.45, 7) is 5.52. The second-order valence-electron chi connectivity index (χ2n) is 8.61. The molecular weight excluding hydrogens is 462 g/mol. The third-order valence-corrected chi connectivity index (χ3v) is 4.88. The Balaban J connectivity index is 1.96. The summed E-state index contributed by atoms with van der Waals surface area (Å²) >= 11 is 0. The van der Waals surface area contributed by atoms with Crippen LogP contribution < -0.4 is 20.9 Å². The van der Waals surface area contributed by atoms with Crippen LogP contribution in [0, 0.1) is 0 Å². The highest BCUT2D eigenvalue weighted by atomic mass is 19.4. The van der Waals surface area contributed by atoms with Crippen LogP contribution in [0.4, 0.5) is 37.7 Å². The van der Waals surface area contributed by atoms with E-state index in [1.807, 2.05) is 20.8 Å². The largest absolute Gasteiger partial charge is 0.457 e. The molecule has 0 heterocycles. The number of benzene rings is 3. The Kier molecular flexibility index (Phi) is 6.38. The molecule has 3 aromatic carbocycles. The second-order valence-corrected chi connectivity index (χ2v) is 8.61.